The highest BCUT2D eigenvalue weighted by Crippen LogP contribution is 2.29. The molecule has 84 valence electrons. The fourth-order valence-electron chi connectivity index (χ4n) is 1.67. The first-order valence-electron chi connectivity index (χ1n) is 5.03. The van der Waals surface area contributed by atoms with Gasteiger partial charge in [0.25, 0.3) is 0 Å². The van der Waals surface area contributed by atoms with E-state index in [0.29, 0.717) is 6.04 Å². The van der Waals surface area contributed by atoms with E-state index in [0.717, 1.165) is 26.3 Å². The Bertz CT molecular complexity index is 312. The predicted molar refractivity (Wildman–Crippen MR) is 67.9 cm³/mol. The average Bonchev–Trinajstić information content (AvgIpc) is 2.66. The monoisotopic (exact) mass is 290 g/mol. The highest BCUT2D eigenvalue weighted by molar-refractivity contribution is 9.11. The Labute approximate surface area is 103 Å². The molecule has 0 amide bonds. The lowest BCUT2D eigenvalue weighted by Crippen LogP contribution is -2.47. The number of hydrogen-bond donors (Lipinski definition) is 1. The van der Waals surface area contributed by atoms with Crippen LogP contribution < -0.4 is 10.2 Å². The largest absolute Gasteiger partial charge is 0.378 e. The Kier molecular flexibility index (Phi) is 4.02. The average molecular weight is 291 g/mol. The zero-order valence-electron chi connectivity index (χ0n) is 8.70. The van der Waals surface area contributed by atoms with Crippen LogP contribution in [-0.4, -0.2) is 39.4 Å². The number of anilines is 1. The number of morpholine rings is 1. The molecule has 5 heteroatoms. The van der Waals surface area contributed by atoms with Crippen LogP contribution in [-0.2, 0) is 4.74 Å². The van der Waals surface area contributed by atoms with Crippen molar-refractivity contribution in [2.45, 2.75) is 6.04 Å². The van der Waals surface area contributed by atoms with Gasteiger partial charge in [0.05, 0.1) is 22.0 Å². The third kappa shape index (κ3) is 3.17. The molecule has 0 aromatic carbocycles. The Morgan fingerprint density at radius 2 is 2.53 bits per heavy atom. The summed E-state index contributed by atoms with van der Waals surface area (Å²) in [5.41, 5.74) is 0. The van der Waals surface area contributed by atoms with Gasteiger partial charge in [-0.25, -0.2) is 0 Å². The van der Waals surface area contributed by atoms with E-state index in [9.17, 15) is 0 Å². The summed E-state index contributed by atoms with van der Waals surface area (Å²) in [6.45, 7) is 3.61. The van der Waals surface area contributed by atoms with E-state index in [1.165, 1.54) is 8.79 Å². The van der Waals surface area contributed by atoms with Crippen LogP contribution >= 0.6 is 27.3 Å². The molecule has 1 fully saturated rings. The molecule has 2 rings (SSSR count). The number of nitrogens with one attached hydrogen (secondary N) is 1. The molecule has 1 aromatic rings. The molecule has 1 unspecified atom stereocenters. The van der Waals surface area contributed by atoms with Crippen LogP contribution in [0.15, 0.2) is 15.9 Å². The molecule has 15 heavy (non-hydrogen) atoms. The molecule has 1 aromatic heterocycles. The van der Waals surface area contributed by atoms with E-state index < -0.39 is 0 Å². The number of likely N-dealkylation sites (N-methyl/N-ethyl adjacent to an activating group) is 1. The molecule has 1 atom stereocenters. The van der Waals surface area contributed by atoms with Crippen LogP contribution in [0.2, 0.25) is 0 Å². The lowest BCUT2D eigenvalue weighted by Gasteiger charge is -2.28. The van der Waals surface area contributed by atoms with Gasteiger partial charge in [-0.15, -0.1) is 11.3 Å². The second-order valence-corrected chi connectivity index (χ2v) is 6.13. The summed E-state index contributed by atoms with van der Waals surface area (Å²) in [5, 5.41) is 4.74. The van der Waals surface area contributed by atoms with Crippen molar-refractivity contribution < 1.29 is 4.74 Å². The van der Waals surface area contributed by atoms with Crippen molar-refractivity contribution in [3.63, 3.8) is 0 Å². The smallest absolute Gasteiger partial charge is 0.0918 e. The second kappa shape index (κ2) is 5.30. The van der Waals surface area contributed by atoms with Crippen LogP contribution in [0.25, 0.3) is 0 Å². The molecule has 2 heterocycles. The lowest BCUT2D eigenvalue weighted by molar-refractivity contribution is 0.0791. The minimum Gasteiger partial charge on any atom is -0.378 e. The van der Waals surface area contributed by atoms with Gasteiger partial charge >= 0.3 is 0 Å². The van der Waals surface area contributed by atoms with Gasteiger partial charge in [-0.05, 0) is 28.1 Å². The maximum Gasteiger partial charge on any atom is 0.0918 e. The number of hydrogen-bond acceptors (Lipinski definition) is 4. The van der Waals surface area contributed by atoms with Gasteiger partial charge < -0.3 is 15.0 Å². The highest BCUT2D eigenvalue weighted by atomic mass is 79.9. The summed E-state index contributed by atoms with van der Waals surface area (Å²) in [7, 11) is 2.12. The molecule has 0 radical (unpaired) electrons. The van der Waals surface area contributed by atoms with Gasteiger partial charge in [-0.3, -0.25) is 0 Å². The fraction of sp³-hybridized carbons (Fsp3) is 0.600. The Hall–Kier alpha value is -0.100. The maximum absolute atomic E-state index is 5.43. The normalized spacial score (nSPS) is 21.6. The zero-order valence-corrected chi connectivity index (χ0v) is 11.1. The minimum absolute atomic E-state index is 0.449. The van der Waals surface area contributed by atoms with Gasteiger partial charge in [-0.1, -0.05) is 0 Å². The summed E-state index contributed by atoms with van der Waals surface area (Å²) < 4.78 is 6.61. The number of ether oxygens (including phenoxy) is 1. The molecular weight excluding hydrogens is 276 g/mol. The molecular formula is C10H15BrN2OS. The molecule has 1 aliphatic rings. The van der Waals surface area contributed by atoms with Crippen molar-refractivity contribution in [1.29, 1.82) is 0 Å². The van der Waals surface area contributed by atoms with E-state index in [4.69, 9.17) is 4.74 Å². The van der Waals surface area contributed by atoms with E-state index >= 15 is 0 Å². The Balaban J connectivity index is 1.88. The molecule has 0 bridgehead atoms. The van der Waals surface area contributed by atoms with E-state index in [-0.39, 0.29) is 0 Å². The van der Waals surface area contributed by atoms with E-state index in [1.807, 2.05) is 0 Å². The topological polar surface area (TPSA) is 24.5 Å². The summed E-state index contributed by atoms with van der Waals surface area (Å²) >= 11 is 5.24. The van der Waals surface area contributed by atoms with Crippen LogP contribution in [0.3, 0.4) is 0 Å². The quantitative estimate of drug-likeness (QED) is 0.921. The number of nitrogens with zero attached hydrogens (tertiary/aromatic N) is 1. The number of thiophene rings is 1. The highest BCUT2D eigenvalue weighted by Gasteiger charge is 2.15. The van der Waals surface area contributed by atoms with Gasteiger partial charge in [0.1, 0.15) is 0 Å². The van der Waals surface area contributed by atoms with Crippen LogP contribution in [0.1, 0.15) is 0 Å². The molecule has 1 aliphatic heterocycles. The lowest BCUT2D eigenvalue weighted by atomic mass is 10.2. The molecule has 1 N–H and O–H groups in total. The summed E-state index contributed by atoms with van der Waals surface area (Å²) in [6.07, 6.45) is 0. The SMILES string of the molecule is CN(CC1COCCN1)c1ccc(Br)s1. The first kappa shape index (κ1) is 11.4. The first-order chi connectivity index (χ1) is 7.25. The van der Waals surface area contributed by atoms with Crippen LogP contribution in [0.5, 0.6) is 0 Å². The molecule has 0 aliphatic carbocycles. The molecule has 0 saturated carbocycles. The predicted octanol–water partition coefficient (Wildman–Crippen LogP) is 1.94. The number of halogens is 1. The van der Waals surface area contributed by atoms with Crippen LogP contribution in [0, 0.1) is 0 Å². The zero-order chi connectivity index (χ0) is 10.7. The minimum atomic E-state index is 0.449. The Morgan fingerprint density at radius 1 is 1.67 bits per heavy atom. The third-order valence-electron chi connectivity index (χ3n) is 2.43. The van der Waals surface area contributed by atoms with Crippen molar-refractivity contribution in [3.8, 4) is 0 Å². The van der Waals surface area contributed by atoms with Crippen molar-refractivity contribution in [3.05, 3.63) is 15.9 Å². The molecule has 0 spiro atoms. The summed E-state index contributed by atoms with van der Waals surface area (Å²) in [5.74, 6) is 0. The van der Waals surface area contributed by atoms with Crippen molar-refractivity contribution in [1.82, 2.24) is 5.32 Å². The summed E-state index contributed by atoms with van der Waals surface area (Å²) in [6, 6.07) is 4.67. The molecule has 1 saturated heterocycles. The van der Waals surface area contributed by atoms with Crippen molar-refractivity contribution >= 4 is 32.3 Å². The van der Waals surface area contributed by atoms with E-state index in [1.54, 1.807) is 11.3 Å². The Morgan fingerprint density at radius 3 is 3.13 bits per heavy atom. The van der Waals surface area contributed by atoms with Crippen LogP contribution in [0.4, 0.5) is 5.00 Å². The molecule has 3 nitrogen and oxygen atoms in total. The van der Waals surface area contributed by atoms with Gasteiger partial charge in [0.2, 0.25) is 0 Å². The summed E-state index contributed by atoms with van der Waals surface area (Å²) in [4.78, 5) is 2.27. The fourth-order valence-corrected chi connectivity index (χ4v) is 3.00. The van der Waals surface area contributed by atoms with E-state index in [2.05, 4.69) is 45.3 Å². The second-order valence-electron chi connectivity index (χ2n) is 3.68. The van der Waals surface area contributed by atoms with Crippen molar-refractivity contribution in [2.75, 3.05) is 38.3 Å². The third-order valence-corrected chi connectivity index (χ3v) is 4.17. The number of rotatable bonds is 3. The van der Waals surface area contributed by atoms with Crippen molar-refractivity contribution in [2.24, 2.45) is 0 Å². The van der Waals surface area contributed by atoms with Gasteiger partial charge in [0, 0.05) is 26.2 Å². The first-order valence-corrected chi connectivity index (χ1v) is 6.64. The van der Waals surface area contributed by atoms with Gasteiger partial charge in [0.15, 0.2) is 0 Å². The standard InChI is InChI=1S/C10H15BrN2OS/c1-13(10-3-2-9(11)15-10)6-8-7-14-5-4-12-8/h2-3,8,12H,4-7H2,1H3. The van der Waals surface area contributed by atoms with Gasteiger partial charge in [-0.2, -0.15) is 0 Å². The maximum atomic E-state index is 5.43.